The fourth-order valence-corrected chi connectivity index (χ4v) is 1.68. The number of hydrogen-bond acceptors (Lipinski definition) is 3. The van der Waals surface area contributed by atoms with E-state index in [4.69, 9.17) is 5.73 Å². The number of nitrogens with two attached hydrogens (primary N) is 1. The molecule has 78 valence electrons. The number of thiazole rings is 1. The number of aliphatic imine (C=N–C) groups is 1. The lowest BCUT2D eigenvalue weighted by atomic mass is 10.4. The molecule has 4 nitrogen and oxygen atoms in total. The van der Waals surface area contributed by atoms with Gasteiger partial charge in [-0.1, -0.05) is 0 Å². The second-order valence-corrected chi connectivity index (χ2v) is 4.30. The summed E-state index contributed by atoms with van der Waals surface area (Å²) < 4.78 is 0. The van der Waals surface area contributed by atoms with Crippen molar-refractivity contribution in [3.63, 3.8) is 0 Å². The third-order valence-electron chi connectivity index (χ3n) is 1.67. The standard InChI is InChI=1S/C9H16N4S/c1-6(2)13-9(10)11-4-8-7(3)12-5-14-8/h5-6H,4H2,1-3H3,(H3,10,11,13). The largest absolute Gasteiger partial charge is 0.370 e. The smallest absolute Gasteiger partial charge is 0.189 e. The molecule has 0 radical (unpaired) electrons. The molecule has 0 bridgehead atoms. The predicted octanol–water partition coefficient (Wildman–Crippen LogP) is 1.26. The van der Waals surface area contributed by atoms with Crippen LogP contribution in [0.2, 0.25) is 0 Å². The fraction of sp³-hybridized carbons (Fsp3) is 0.556. The molecular formula is C9H16N4S. The zero-order valence-electron chi connectivity index (χ0n) is 8.74. The van der Waals surface area contributed by atoms with Crippen LogP contribution in [0.3, 0.4) is 0 Å². The Morgan fingerprint density at radius 2 is 2.43 bits per heavy atom. The fourth-order valence-electron chi connectivity index (χ4n) is 0.976. The lowest BCUT2D eigenvalue weighted by molar-refractivity contribution is 0.724. The van der Waals surface area contributed by atoms with E-state index in [0.29, 0.717) is 18.5 Å². The predicted molar refractivity (Wildman–Crippen MR) is 60.4 cm³/mol. The van der Waals surface area contributed by atoms with E-state index in [9.17, 15) is 0 Å². The topological polar surface area (TPSA) is 63.3 Å². The highest BCUT2D eigenvalue weighted by Gasteiger charge is 2.00. The number of nitrogens with zero attached hydrogens (tertiary/aromatic N) is 2. The first-order chi connectivity index (χ1) is 6.59. The SMILES string of the molecule is Cc1ncsc1CN=C(N)NC(C)C. The van der Waals surface area contributed by atoms with Gasteiger partial charge in [-0.05, 0) is 20.8 Å². The molecule has 0 fully saturated rings. The van der Waals surface area contributed by atoms with Crippen molar-refractivity contribution in [2.75, 3.05) is 0 Å². The Labute approximate surface area is 88.3 Å². The Bertz CT molecular complexity index is 316. The van der Waals surface area contributed by atoms with Crippen LogP contribution in [0.4, 0.5) is 0 Å². The molecule has 1 aromatic heterocycles. The minimum atomic E-state index is 0.321. The average Bonchev–Trinajstić information content (AvgIpc) is 2.46. The minimum absolute atomic E-state index is 0.321. The van der Waals surface area contributed by atoms with Gasteiger partial charge in [-0.25, -0.2) is 9.98 Å². The Morgan fingerprint density at radius 3 is 2.93 bits per heavy atom. The van der Waals surface area contributed by atoms with Gasteiger partial charge >= 0.3 is 0 Å². The lowest BCUT2D eigenvalue weighted by Gasteiger charge is -2.07. The third-order valence-corrected chi connectivity index (χ3v) is 2.59. The monoisotopic (exact) mass is 212 g/mol. The zero-order valence-corrected chi connectivity index (χ0v) is 9.56. The molecular weight excluding hydrogens is 196 g/mol. The van der Waals surface area contributed by atoms with Gasteiger partial charge < -0.3 is 11.1 Å². The summed E-state index contributed by atoms with van der Waals surface area (Å²) in [5.41, 5.74) is 8.53. The first-order valence-electron chi connectivity index (χ1n) is 4.55. The molecule has 0 aliphatic carbocycles. The molecule has 0 atom stereocenters. The van der Waals surface area contributed by atoms with Crippen LogP contribution in [-0.4, -0.2) is 17.0 Å². The number of aromatic nitrogens is 1. The summed E-state index contributed by atoms with van der Waals surface area (Å²) in [5.74, 6) is 0.493. The summed E-state index contributed by atoms with van der Waals surface area (Å²) in [6.07, 6.45) is 0. The maximum atomic E-state index is 5.66. The van der Waals surface area contributed by atoms with E-state index in [1.807, 2.05) is 26.3 Å². The van der Waals surface area contributed by atoms with E-state index in [-0.39, 0.29) is 0 Å². The first kappa shape index (κ1) is 11.0. The van der Waals surface area contributed by atoms with Crippen LogP contribution in [0.25, 0.3) is 0 Å². The van der Waals surface area contributed by atoms with Gasteiger partial charge in [0.25, 0.3) is 0 Å². The molecule has 0 aromatic carbocycles. The Kier molecular flexibility index (Phi) is 3.88. The van der Waals surface area contributed by atoms with E-state index < -0.39 is 0 Å². The number of guanidine groups is 1. The van der Waals surface area contributed by atoms with Gasteiger partial charge in [0, 0.05) is 10.9 Å². The van der Waals surface area contributed by atoms with Gasteiger partial charge in [-0.15, -0.1) is 11.3 Å². The van der Waals surface area contributed by atoms with Crippen molar-refractivity contribution in [2.45, 2.75) is 33.4 Å². The highest BCUT2D eigenvalue weighted by atomic mass is 32.1. The van der Waals surface area contributed by atoms with Crippen molar-refractivity contribution in [2.24, 2.45) is 10.7 Å². The molecule has 0 saturated heterocycles. The summed E-state index contributed by atoms with van der Waals surface area (Å²) in [4.78, 5) is 9.53. The molecule has 5 heteroatoms. The Morgan fingerprint density at radius 1 is 1.71 bits per heavy atom. The van der Waals surface area contributed by atoms with E-state index in [1.54, 1.807) is 11.3 Å². The number of nitrogens with one attached hydrogen (secondary N) is 1. The van der Waals surface area contributed by atoms with Crippen molar-refractivity contribution in [3.8, 4) is 0 Å². The molecule has 0 aliphatic heterocycles. The van der Waals surface area contributed by atoms with E-state index >= 15 is 0 Å². The molecule has 0 spiro atoms. The average molecular weight is 212 g/mol. The molecule has 0 aliphatic rings. The highest BCUT2D eigenvalue weighted by molar-refractivity contribution is 7.09. The second-order valence-electron chi connectivity index (χ2n) is 3.36. The number of hydrogen-bond donors (Lipinski definition) is 2. The highest BCUT2D eigenvalue weighted by Crippen LogP contribution is 2.12. The normalized spacial score (nSPS) is 12.1. The van der Waals surface area contributed by atoms with Gasteiger partial charge in [0.2, 0.25) is 0 Å². The molecule has 0 saturated carbocycles. The van der Waals surface area contributed by atoms with E-state index in [1.165, 1.54) is 4.88 Å². The number of aryl methyl sites for hydroxylation is 1. The van der Waals surface area contributed by atoms with Crippen LogP contribution in [0, 0.1) is 6.92 Å². The maximum Gasteiger partial charge on any atom is 0.189 e. The molecule has 0 amide bonds. The van der Waals surface area contributed by atoms with Crippen molar-refractivity contribution in [1.82, 2.24) is 10.3 Å². The van der Waals surface area contributed by atoms with Crippen LogP contribution in [-0.2, 0) is 6.54 Å². The van der Waals surface area contributed by atoms with Gasteiger partial charge in [-0.3, -0.25) is 0 Å². The van der Waals surface area contributed by atoms with Crippen LogP contribution >= 0.6 is 11.3 Å². The van der Waals surface area contributed by atoms with Gasteiger partial charge in [-0.2, -0.15) is 0 Å². The van der Waals surface area contributed by atoms with E-state index in [2.05, 4.69) is 15.3 Å². The van der Waals surface area contributed by atoms with Gasteiger partial charge in [0.1, 0.15) is 0 Å². The maximum absolute atomic E-state index is 5.66. The van der Waals surface area contributed by atoms with Crippen LogP contribution in [0.5, 0.6) is 0 Å². The van der Waals surface area contributed by atoms with Crippen LogP contribution in [0.15, 0.2) is 10.5 Å². The Balaban J connectivity index is 2.50. The number of rotatable bonds is 3. The van der Waals surface area contributed by atoms with Gasteiger partial charge in [0.15, 0.2) is 5.96 Å². The first-order valence-corrected chi connectivity index (χ1v) is 5.43. The van der Waals surface area contributed by atoms with Crippen molar-refractivity contribution >= 4 is 17.3 Å². The van der Waals surface area contributed by atoms with E-state index in [0.717, 1.165) is 5.69 Å². The lowest BCUT2D eigenvalue weighted by Crippen LogP contribution is -2.36. The minimum Gasteiger partial charge on any atom is -0.370 e. The molecule has 0 unspecified atom stereocenters. The van der Waals surface area contributed by atoms with Crippen molar-refractivity contribution < 1.29 is 0 Å². The zero-order chi connectivity index (χ0) is 10.6. The van der Waals surface area contributed by atoms with Crippen molar-refractivity contribution in [3.05, 3.63) is 16.1 Å². The third kappa shape index (κ3) is 3.33. The molecule has 1 rings (SSSR count). The molecule has 1 aromatic rings. The molecule has 14 heavy (non-hydrogen) atoms. The molecule has 1 heterocycles. The summed E-state index contributed by atoms with van der Waals surface area (Å²) in [6.45, 7) is 6.65. The van der Waals surface area contributed by atoms with Crippen molar-refractivity contribution in [1.29, 1.82) is 0 Å². The van der Waals surface area contributed by atoms with Gasteiger partial charge in [0.05, 0.1) is 17.7 Å². The summed E-state index contributed by atoms with van der Waals surface area (Å²) in [5, 5.41) is 3.04. The summed E-state index contributed by atoms with van der Waals surface area (Å²) in [6, 6.07) is 0.321. The summed E-state index contributed by atoms with van der Waals surface area (Å²) in [7, 11) is 0. The Hall–Kier alpha value is -1.10. The van der Waals surface area contributed by atoms with Crippen LogP contribution in [0.1, 0.15) is 24.4 Å². The molecule has 3 N–H and O–H groups in total. The quantitative estimate of drug-likeness (QED) is 0.586. The second kappa shape index (κ2) is 4.95. The summed E-state index contributed by atoms with van der Waals surface area (Å²) >= 11 is 1.61. The van der Waals surface area contributed by atoms with Crippen LogP contribution < -0.4 is 11.1 Å².